The molecular weight excluding hydrogens is 639 g/mol. The van der Waals surface area contributed by atoms with Crippen LogP contribution in [0.3, 0.4) is 0 Å². The maximum atomic E-state index is 3.92. The monoisotopic (exact) mass is 684 g/mol. The first-order valence-electron chi connectivity index (χ1n) is 19.3. The molecule has 258 valence electrons. The first kappa shape index (κ1) is 33.1. The van der Waals surface area contributed by atoms with E-state index in [1.165, 1.54) is 97.3 Å². The predicted molar refractivity (Wildman–Crippen MR) is 229 cm³/mol. The molecule has 3 heteroatoms. The number of anilines is 5. The third-order valence-corrected chi connectivity index (χ3v) is 11.5. The van der Waals surface area contributed by atoms with Crippen LogP contribution in [-0.4, -0.2) is 7.28 Å². The fourth-order valence-corrected chi connectivity index (χ4v) is 8.72. The van der Waals surface area contributed by atoms with Gasteiger partial charge in [0.25, 0.3) is 0 Å². The van der Waals surface area contributed by atoms with E-state index in [2.05, 4.69) is 189 Å². The average molecular weight is 685 g/mol. The molecule has 7 aromatic carbocycles. The summed E-state index contributed by atoms with van der Waals surface area (Å²) in [7, 11) is 0.885. The Morgan fingerprint density at radius 1 is 0.566 bits per heavy atom. The number of para-hydroxylation sites is 2. The molecule has 0 saturated carbocycles. The maximum Gasteiger partial charge on any atom is 0.198 e. The van der Waals surface area contributed by atoms with E-state index in [1.807, 2.05) is 0 Å². The highest BCUT2D eigenvalue weighted by Crippen LogP contribution is 2.52. The van der Waals surface area contributed by atoms with Crippen LogP contribution in [0.1, 0.15) is 56.7 Å². The van der Waals surface area contributed by atoms with Crippen LogP contribution >= 0.6 is 0 Å². The Morgan fingerprint density at radius 2 is 1.25 bits per heavy atom. The highest BCUT2D eigenvalue weighted by atomic mass is 15.2. The van der Waals surface area contributed by atoms with Gasteiger partial charge in [0.2, 0.25) is 0 Å². The van der Waals surface area contributed by atoms with Gasteiger partial charge >= 0.3 is 0 Å². The summed E-state index contributed by atoms with van der Waals surface area (Å²) in [5, 5.41) is 3.92. The topological polar surface area (TPSA) is 15.3 Å². The first-order valence-corrected chi connectivity index (χ1v) is 19.3. The molecular formula is C50H45BN2. The lowest BCUT2D eigenvalue weighted by Gasteiger charge is -2.46. The second-order valence-corrected chi connectivity index (χ2v) is 15.3. The Hall–Kier alpha value is -5.80. The van der Waals surface area contributed by atoms with Crippen molar-refractivity contribution in [1.29, 1.82) is 0 Å². The molecule has 0 unspecified atom stereocenters. The molecule has 2 nitrogen and oxygen atoms in total. The molecule has 1 N–H and O–H groups in total. The number of hydrogen-bond donors (Lipinski definition) is 1. The molecule has 0 saturated heterocycles. The molecule has 7 aromatic rings. The van der Waals surface area contributed by atoms with Crippen molar-refractivity contribution in [3.05, 3.63) is 174 Å². The van der Waals surface area contributed by atoms with Gasteiger partial charge in [0, 0.05) is 33.7 Å². The summed E-state index contributed by atoms with van der Waals surface area (Å²) in [6.07, 6.45) is 4.68. The molecule has 2 heterocycles. The Morgan fingerprint density at radius 3 is 2.02 bits per heavy atom. The number of aryl methyl sites for hydroxylation is 1. The summed E-state index contributed by atoms with van der Waals surface area (Å²) in [6, 6.07) is 58.3. The summed E-state index contributed by atoms with van der Waals surface area (Å²) >= 11 is 0. The van der Waals surface area contributed by atoms with Gasteiger partial charge in [0.15, 0.2) is 7.28 Å². The van der Waals surface area contributed by atoms with E-state index in [-0.39, 0.29) is 5.41 Å². The van der Waals surface area contributed by atoms with Crippen LogP contribution < -0.4 is 21.1 Å². The van der Waals surface area contributed by atoms with E-state index >= 15 is 0 Å². The molecule has 0 atom stereocenters. The van der Waals surface area contributed by atoms with Crippen molar-refractivity contribution in [1.82, 2.24) is 0 Å². The van der Waals surface area contributed by atoms with Gasteiger partial charge in [-0.1, -0.05) is 160 Å². The van der Waals surface area contributed by atoms with Crippen molar-refractivity contribution in [2.24, 2.45) is 0 Å². The minimum atomic E-state index is -0.0904. The second-order valence-electron chi connectivity index (χ2n) is 15.3. The van der Waals surface area contributed by atoms with Crippen molar-refractivity contribution in [2.45, 2.75) is 51.9 Å². The fraction of sp³-hybridized carbons (Fsp3) is 0.160. The first-order chi connectivity index (χ1) is 26.0. The third kappa shape index (κ3) is 5.95. The fourth-order valence-electron chi connectivity index (χ4n) is 8.72. The van der Waals surface area contributed by atoms with Crippen LogP contribution in [0.5, 0.6) is 0 Å². The van der Waals surface area contributed by atoms with Gasteiger partial charge in [0.05, 0.1) is 5.69 Å². The van der Waals surface area contributed by atoms with Crippen LogP contribution in [0.15, 0.2) is 158 Å². The van der Waals surface area contributed by atoms with Gasteiger partial charge in [-0.15, -0.1) is 0 Å². The van der Waals surface area contributed by atoms with Crippen LogP contribution in [0.4, 0.5) is 28.4 Å². The standard InChI is InChI=1S/C50H45BN2/c1-4-5-8-17-34-30-41(48-47(31-34)53-46-27-14-13-24-42(46)50(2,3)43-25-16-26-44(51-48)49(43)53)40-33-38(36-20-11-7-12-21-36)28-29-45(40)52-39-23-15-22-37(32-39)35-18-9-6-10-19-35/h6-7,9-16,18-33,51-52H,4-5,8,17H2,1-3H3. The lowest BCUT2D eigenvalue weighted by Crippen LogP contribution is -2.45. The minimum absolute atomic E-state index is 0.0904. The van der Waals surface area contributed by atoms with Crippen LogP contribution in [0.25, 0.3) is 33.4 Å². The van der Waals surface area contributed by atoms with Gasteiger partial charge in [-0.3, -0.25) is 0 Å². The number of hydrogen-bond acceptors (Lipinski definition) is 2. The van der Waals surface area contributed by atoms with Crippen LogP contribution in [0.2, 0.25) is 0 Å². The highest BCUT2D eigenvalue weighted by molar-refractivity contribution is 6.73. The zero-order valence-electron chi connectivity index (χ0n) is 31.0. The number of nitrogens with one attached hydrogen (secondary N) is 1. The summed E-state index contributed by atoms with van der Waals surface area (Å²) in [6.45, 7) is 7.07. The van der Waals surface area contributed by atoms with Crippen LogP contribution in [-0.2, 0) is 11.8 Å². The van der Waals surface area contributed by atoms with Gasteiger partial charge in [-0.25, -0.2) is 0 Å². The Bertz CT molecular complexity index is 2450. The van der Waals surface area contributed by atoms with Gasteiger partial charge < -0.3 is 10.2 Å². The summed E-state index contributed by atoms with van der Waals surface area (Å²) < 4.78 is 0. The predicted octanol–water partition coefficient (Wildman–Crippen LogP) is 12.0. The number of unbranched alkanes of at least 4 members (excludes halogenated alkanes) is 2. The molecule has 2 aliphatic heterocycles. The average Bonchev–Trinajstić information content (AvgIpc) is 3.20. The number of nitrogens with zero attached hydrogens (tertiary/aromatic N) is 1. The molecule has 0 aliphatic carbocycles. The molecule has 0 aromatic heterocycles. The molecule has 9 rings (SSSR count). The van der Waals surface area contributed by atoms with E-state index in [1.54, 1.807) is 0 Å². The minimum Gasteiger partial charge on any atom is -0.355 e. The molecule has 53 heavy (non-hydrogen) atoms. The van der Waals surface area contributed by atoms with Crippen molar-refractivity contribution < 1.29 is 0 Å². The van der Waals surface area contributed by atoms with E-state index in [0.717, 1.165) is 25.1 Å². The van der Waals surface area contributed by atoms with E-state index in [0.29, 0.717) is 0 Å². The number of rotatable bonds is 9. The zero-order valence-corrected chi connectivity index (χ0v) is 31.0. The van der Waals surface area contributed by atoms with E-state index in [4.69, 9.17) is 0 Å². The lowest BCUT2D eigenvalue weighted by atomic mass is 9.55. The Balaban J connectivity index is 1.26. The van der Waals surface area contributed by atoms with Gasteiger partial charge in [0.1, 0.15) is 0 Å². The Labute approximate surface area is 315 Å². The van der Waals surface area contributed by atoms with Crippen molar-refractivity contribution in [3.63, 3.8) is 0 Å². The van der Waals surface area contributed by atoms with Gasteiger partial charge in [-0.05, 0) is 99.2 Å². The SMILES string of the molecule is CCCCCc1cc(-c2cc(-c3ccccc3)ccc2Nc2cccc(-c3ccccc3)c2)c2c(c1)N1c3ccccc3C(C)(C)c3cccc(c31)B2. The number of fused-ring (bicyclic) bond motifs is 4. The lowest BCUT2D eigenvalue weighted by molar-refractivity contribution is 0.632. The molecule has 0 radical (unpaired) electrons. The molecule has 0 spiro atoms. The zero-order chi connectivity index (χ0) is 35.9. The normalized spacial score (nSPS) is 13.4. The summed E-state index contributed by atoms with van der Waals surface area (Å²) in [4.78, 5) is 2.61. The quantitative estimate of drug-likeness (QED) is 0.120. The molecule has 0 fully saturated rings. The van der Waals surface area contributed by atoms with E-state index < -0.39 is 0 Å². The van der Waals surface area contributed by atoms with Crippen molar-refractivity contribution in [2.75, 3.05) is 10.2 Å². The number of benzene rings is 7. The smallest absolute Gasteiger partial charge is 0.198 e. The molecule has 0 bridgehead atoms. The Kier molecular flexibility index (Phi) is 8.51. The molecule has 0 amide bonds. The summed E-state index contributed by atoms with van der Waals surface area (Å²) in [5.41, 5.74) is 20.4. The van der Waals surface area contributed by atoms with Gasteiger partial charge in [-0.2, -0.15) is 0 Å². The maximum absolute atomic E-state index is 3.92. The third-order valence-electron chi connectivity index (χ3n) is 11.5. The summed E-state index contributed by atoms with van der Waals surface area (Å²) in [5.74, 6) is 0. The molecule has 2 aliphatic rings. The van der Waals surface area contributed by atoms with Crippen LogP contribution in [0, 0.1) is 0 Å². The van der Waals surface area contributed by atoms with E-state index in [9.17, 15) is 0 Å². The highest BCUT2D eigenvalue weighted by Gasteiger charge is 2.41. The van der Waals surface area contributed by atoms with Crippen molar-refractivity contribution >= 4 is 46.6 Å². The largest absolute Gasteiger partial charge is 0.355 e. The second kappa shape index (κ2) is 13.6. The van der Waals surface area contributed by atoms with Crippen molar-refractivity contribution in [3.8, 4) is 33.4 Å².